The van der Waals surface area contributed by atoms with E-state index in [-0.39, 0.29) is 11.8 Å². The molecule has 0 fully saturated rings. The third-order valence-electron chi connectivity index (χ3n) is 3.67. The molecular formula is C13H18N6O2. The highest BCUT2D eigenvalue weighted by Gasteiger charge is 2.29. The first-order valence-electron chi connectivity index (χ1n) is 7.06. The Morgan fingerprint density at radius 2 is 2.19 bits per heavy atom. The van der Waals surface area contributed by atoms with E-state index in [1.807, 2.05) is 13.8 Å². The Morgan fingerprint density at radius 3 is 2.86 bits per heavy atom. The molecule has 3 rings (SSSR count). The van der Waals surface area contributed by atoms with Crippen molar-refractivity contribution in [2.45, 2.75) is 45.7 Å². The molecule has 0 spiro atoms. The molecule has 2 aromatic rings. The van der Waals surface area contributed by atoms with Gasteiger partial charge in [0.1, 0.15) is 23.8 Å². The zero-order valence-corrected chi connectivity index (χ0v) is 12.4. The van der Waals surface area contributed by atoms with Gasteiger partial charge in [-0.1, -0.05) is 13.8 Å². The number of oxazole rings is 1. The number of hydrogen-bond donors (Lipinski definition) is 0. The van der Waals surface area contributed by atoms with E-state index in [2.05, 4.69) is 20.5 Å². The third kappa shape index (κ3) is 2.53. The quantitative estimate of drug-likeness (QED) is 0.835. The predicted molar refractivity (Wildman–Crippen MR) is 72.2 cm³/mol. The molecule has 21 heavy (non-hydrogen) atoms. The SMILES string of the molecule is CC(C)c1nc2c(o1)CCN(C(=O)[C@H](C)n1cnnn1)C2. The molecule has 0 aliphatic carbocycles. The first-order valence-corrected chi connectivity index (χ1v) is 7.06. The van der Waals surface area contributed by atoms with Crippen LogP contribution in [0.5, 0.6) is 0 Å². The van der Waals surface area contributed by atoms with Gasteiger partial charge in [0.15, 0.2) is 5.89 Å². The Kier molecular flexibility index (Phi) is 3.44. The first-order chi connectivity index (χ1) is 10.1. The average molecular weight is 290 g/mol. The standard InChI is InChI=1S/C13H18N6O2/c1-8(2)12-15-10-6-18(5-4-11(10)21-12)13(20)9(3)19-7-14-16-17-19/h7-9H,4-6H2,1-3H3/t9-/m0/s1. The first kappa shape index (κ1) is 13.7. The van der Waals surface area contributed by atoms with Crippen LogP contribution in [0.4, 0.5) is 0 Å². The van der Waals surface area contributed by atoms with Gasteiger partial charge in [0, 0.05) is 18.9 Å². The second-order valence-corrected chi connectivity index (χ2v) is 5.55. The lowest BCUT2D eigenvalue weighted by atomic mass is 10.1. The number of amides is 1. The van der Waals surface area contributed by atoms with Crippen LogP contribution >= 0.6 is 0 Å². The molecule has 0 bridgehead atoms. The molecule has 3 heterocycles. The Hall–Kier alpha value is -2.25. The van der Waals surface area contributed by atoms with Gasteiger partial charge < -0.3 is 9.32 Å². The van der Waals surface area contributed by atoms with Crippen LogP contribution in [-0.4, -0.2) is 42.5 Å². The highest BCUT2D eigenvalue weighted by molar-refractivity contribution is 5.80. The summed E-state index contributed by atoms with van der Waals surface area (Å²) >= 11 is 0. The molecule has 0 unspecified atom stereocenters. The van der Waals surface area contributed by atoms with Crippen molar-refractivity contribution in [3.63, 3.8) is 0 Å². The maximum absolute atomic E-state index is 12.5. The number of tetrazole rings is 1. The van der Waals surface area contributed by atoms with Crippen molar-refractivity contribution in [3.8, 4) is 0 Å². The topological polar surface area (TPSA) is 89.9 Å². The molecule has 8 heteroatoms. The van der Waals surface area contributed by atoms with Crippen molar-refractivity contribution in [2.24, 2.45) is 0 Å². The lowest BCUT2D eigenvalue weighted by molar-refractivity contribution is -0.135. The predicted octanol–water partition coefficient (Wildman–Crippen LogP) is 0.930. The van der Waals surface area contributed by atoms with Gasteiger partial charge in [0.25, 0.3) is 0 Å². The minimum Gasteiger partial charge on any atom is -0.445 e. The summed E-state index contributed by atoms with van der Waals surface area (Å²) in [5.74, 6) is 1.88. The molecule has 8 nitrogen and oxygen atoms in total. The third-order valence-corrected chi connectivity index (χ3v) is 3.67. The molecule has 0 radical (unpaired) electrons. The number of carbonyl (C=O) groups excluding carboxylic acids is 1. The largest absolute Gasteiger partial charge is 0.445 e. The molecule has 1 atom stereocenters. The van der Waals surface area contributed by atoms with Gasteiger partial charge >= 0.3 is 0 Å². The van der Waals surface area contributed by atoms with Crippen molar-refractivity contribution < 1.29 is 9.21 Å². The summed E-state index contributed by atoms with van der Waals surface area (Å²) in [5, 5.41) is 10.9. The van der Waals surface area contributed by atoms with Crippen LogP contribution in [0.25, 0.3) is 0 Å². The molecular weight excluding hydrogens is 272 g/mol. The molecule has 1 aliphatic rings. The summed E-state index contributed by atoms with van der Waals surface area (Å²) in [6.45, 7) is 6.98. The number of nitrogens with zero attached hydrogens (tertiary/aromatic N) is 6. The van der Waals surface area contributed by atoms with Crippen molar-refractivity contribution in [1.29, 1.82) is 0 Å². The van der Waals surface area contributed by atoms with E-state index in [0.717, 1.165) is 17.3 Å². The number of rotatable bonds is 3. The number of carbonyl (C=O) groups is 1. The van der Waals surface area contributed by atoms with Gasteiger partial charge in [-0.25, -0.2) is 9.67 Å². The molecule has 0 saturated heterocycles. The van der Waals surface area contributed by atoms with Crippen LogP contribution in [0.15, 0.2) is 10.7 Å². The maximum atomic E-state index is 12.5. The number of aromatic nitrogens is 5. The van der Waals surface area contributed by atoms with Crippen LogP contribution < -0.4 is 0 Å². The Morgan fingerprint density at radius 1 is 1.38 bits per heavy atom. The fourth-order valence-corrected chi connectivity index (χ4v) is 2.38. The molecule has 1 amide bonds. The summed E-state index contributed by atoms with van der Waals surface area (Å²) in [6, 6.07) is -0.418. The monoisotopic (exact) mass is 290 g/mol. The smallest absolute Gasteiger partial charge is 0.247 e. The van der Waals surface area contributed by atoms with Crippen molar-refractivity contribution in [3.05, 3.63) is 23.7 Å². The molecule has 0 saturated carbocycles. The fourth-order valence-electron chi connectivity index (χ4n) is 2.38. The second-order valence-electron chi connectivity index (χ2n) is 5.55. The van der Waals surface area contributed by atoms with Crippen LogP contribution in [0.2, 0.25) is 0 Å². The Labute approximate surface area is 122 Å². The van der Waals surface area contributed by atoms with Crippen LogP contribution in [0.3, 0.4) is 0 Å². The summed E-state index contributed by atoms with van der Waals surface area (Å²) in [4.78, 5) is 18.8. The van der Waals surface area contributed by atoms with Crippen molar-refractivity contribution in [1.82, 2.24) is 30.1 Å². The van der Waals surface area contributed by atoms with Gasteiger partial charge in [0.05, 0.1) is 6.54 Å². The fraction of sp³-hybridized carbons (Fsp3) is 0.615. The van der Waals surface area contributed by atoms with Gasteiger partial charge in [-0.15, -0.1) is 5.10 Å². The van der Waals surface area contributed by atoms with E-state index < -0.39 is 6.04 Å². The summed E-state index contributed by atoms with van der Waals surface area (Å²) in [5.41, 5.74) is 0.863. The molecule has 0 N–H and O–H groups in total. The van der Waals surface area contributed by atoms with Crippen LogP contribution in [0.1, 0.15) is 50.1 Å². The Balaban J connectivity index is 1.75. The summed E-state index contributed by atoms with van der Waals surface area (Å²) in [6.07, 6.45) is 2.15. The van der Waals surface area contributed by atoms with E-state index in [0.29, 0.717) is 19.5 Å². The molecule has 112 valence electrons. The van der Waals surface area contributed by atoms with E-state index in [9.17, 15) is 4.79 Å². The van der Waals surface area contributed by atoms with Crippen molar-refractivity contribution in [2.75, 3.05) is 6.54 Å². The minimum atomic E-state index is -0.418. The highest BCUT2D eigenvalue weighted by Crippen LogP contribution is 2.24. The summed E-state index contributed by atoms with van der Waals surface area (Å²) in [7, 11) is 0. The van der Waals surface area contributed by atoms with Crippen molar-refractivity contribution >= 4 is 5.91 Å². The van der Waals surface area contributed by atoms with E-state index >= 15 is 0 Å². The zero-order valence-electron chi connectivity index (χ0n) is 12.4. The maximum Gasteiger partial charge on any atom is 0.247 e. The highest BCUT2D eigenvalue weighted by atomic mass is 16.4. The van der Waals surface area contributed by atoms with Crippen LogP contribution in [0, 0.1) is 0 Å². The van der Waals surface area contributed by atoms with Gasteiger partial charge in [-0.2, -0.15) is 0 Å². The van der Waals surface area contributed by atoms with E-state index in [1.54, 1.807) is 11.8 Å². The summed E-state index contributed by atoms with van der Waals surface area (Å²) < 4.78 is 7.20. The zero-order chi connectivity index (χ0) is 15.0. The molecule has 1 aliphatic heterocycles. The molecule has 2 aromatic heterocycles. The van der Waals surface area contributed by atoms with Gasteiger partial charge in [-0.05, 0) is 17.4 Å². The van der Waals surface area contributed by atoms with Crippen LogP contribution in [-0.2, 0) is 17.8 Å². The lowest BCUT2D eigenvalue weighted by Gasteiger charge is -2.27. The second kappa shape index (κ2) is 5.27. The van der Waals surface area contributed by atoms with E-state index in [1.165, 1.54) is 11.0 Å². The number of hydrogen-bond acceptors (Lipinski definition) is 6. The lowest BCUT2D eigenvalue weighted by Crippen LogP contribution is -2.39. The van der Waals surface area contributed by atoms with Gasteiger partial charge in [-0.3, -0.25) is 4.79 Å². The molecule has 0 aromatic carbocycles. The Bertz CT molecular complexity index is 633. The normalized spacial score (nSPS) is 16.1. The van der Waals surface area contributed by atoms with Gasteiger partial charge in [0.2, 0.25) is 5.91 Å². The number of fused-ring (bicyclic) bond motifs is 1. The minimum absolute atomic E-state index is 0.0120. The van der Waals surface area contributed by atoms with E-state index in [4.69, 9.17) is 4.42 Å². The average Bonchev–Trinajstić information content (AvgIpc) is 3.13.